The molecule has 0 bridgehead atoms. The number of nitrogens with zero attached hydrogens (tertiary/aromatic N) is 2. The van der Waals surface area contributed by atoms with Gasteiger partial charge in [-0.1, -0.05) is 30.3 Å². The van der Waals surface area contributed by atoms with Crippen molar-refractivity contribution in [1.82, 2.24) is 15.1 Å². The standard InChI is InChI=1S/C21H21N3O3/c25-20(14-27-18-9-8-15-4-1-2-5-16(15)12-18)22-10-11-24-21(26)13-17-6-3-7-19(17)23-24/h1-2,4-5,8-9,12-13H,3,6-7,10-11,14H2,(H,22,25). The molecular weight excluding hydrogens is 342 g/mol. The number of carbonyl (C=O) groups is 1. The van der Waals surface area contributed by atoms with Crippen LogP contribution in [0.4, 0.5) is 0 Å². The Labute approximate surface area is 156 Å². The summed E-state index contributed by atoms with van der Waals surface area (Å²) in [4.78, 5) is 24.0. The Morgan fingerprint density at radius 1 is 1.11 bits per heavy atom. The number of ether oxygens (including phenoxy) is 1. The summed E-state index contributed by atoms with van der Waals surface area (Å²) in [5.41, 5.74) is 1.95. The van der Waals surface area contributed by atoms with E-state index in [1.807, 2.05) is 42.5 Å². The van der Waals surface area contributed by atoms with Crippen LogP contribution >= 0.6 is 0 Å². The van der Waals surface area contributed by atoms with Gasteiger partial charge in [0.2, 0.25) is 0 Å². The van der Waals surface area contributed by atoms with Crippen LogP contribution in [0, 0.1) is 0 Å². The number of nitrogens with one attached hydrogen (secondary N) is 1. The predicted octanol–water partition coefficient (Wildman–Crippen LogP) is 2.08. The topological polar surface area (TPSA) is 73.2 Å². The van der Waals surface area contributed by atoms with Crippen molar-refractivity contribution in [3.63, 3.8) is 0 Å². The molecule has 1 aliphatic carbocycles. The van der Waals surface area contributed by atoms with Gasteiger partial charge in [0.1, 0.15) is 5.75 Å². The lowest BCUT2D eigenvalue weighted by atomic mass is 10.1. The molecule has 0 spiro atoms. The summed E-state index contributed by atoms with van der Waals surface area (Å²) in [5, 5.41) is 9.36. The zero-order valence-electron chi connectivity index (χ0n) is 15.0. The van der Waals surface area contributed by atoms with Crippen molar-refractivity contribution in [1.29, 1.82) is 0 Å². The largest absolute Gasteiger partial charge is 0.484 e. The fourth-order valence-electron chi connectivity index (χ4n) is 3.36. The first kappa shape index (κ1) is 17.3. The second-order valence-corrected chi connectivity index (χ2v) is 6.68. The SMILES string of the molecule is O=C(COc1ccc2ccccc2c1)NCCn1nc2c(cc1=O)CCC2. The zero-order valence-corrected chi connectivity index (χ0v) is 15.0. The zero-order chi connectivity index (χ0) is 18.6. The molecule has 1 heterocycles. The molecular formula is C21H21N3O3. The molecule has 0 aliphatic heterocycles. The van der Waals surface area contributed by atoms with E-state index in [4.69, 9.17) is 4.74 Å². The third-order valence-corrected chi connectivity index (χ3v) is 4.76. The molecule has 1 amide bonds. The van der Waals surface area contributed by atoms with Crippen molar-refractivity contribution < 1.29 is 9.53 Å². The second kappa shape index (κ2) is 7.61. The maximum Gasteiger partial charge on any atom is 0.267 e. The molecule has 1 aromatic heterocycles. The van der Waals surface area contributed by atoms with E-state index in [-0.39, 0.29) is 18.1 Å². The highest BCUT2D eigenvalue weighted by atomic mass is 16.5. The lowest BCUT2D eigenvalue weighted by Gasteiger charge is -2.10. The third kappa shape index (κ3) is 4.00. The van der Waals surface area contributed by atoms with E-state index in [1.54, 1.807) is 6.07 Å². The minimum absolute atomic E-state index is 0.0646. The van der Waals surface area contributed by atoms with Crippen molar-refractivity contribution in [3.8, 4) is 5.75 Å². The van der Waals surface area contributed by atoms with Gasteiger partial charge in [-0.05, 0) is 47.7 Å². The Bertz CT molecular complexity index is 1040. The summed E-state index contributed by atoms with van der Waals surface area (Å²) in [6.45, 7) is 0.629. The molecule has 1 N–H and O–H groups in total. The average molecular weight is 363 g/mol. The number of hydrogen-bond acceptors (Lipinski definition) is 4. The van der Waals surface area contributed by atoms with Crippen LogP contribution in [0.15, 0.2) is 53.3 Å². The molecule has 0 fully saturated rings. The summed E-state index contributed by atoms with van der Waals surface area (Å²) in [5.74, 6) is 0.428. The normalized spacial score (nSPS) is 12.7. The monoisotopic (exact) mass is 363 g/mol. The summed E-state index contributed by atoms with van der Waals surface area (Å²) in [7, 11) is 0. The van der Waals surface area contributed by atoms with Gasteiger partial charge < -0.3 is 10.1 Å². The van der Waals surface area contributed by atoms with Crippen LogP contribution in [0.25, 0.3) is 10.8 Å². The lowest BCUT2D eigenvalue weighted by molar-refractivity contribution is -0.123. The number of rotatable bonds is 6. The van der Waals surface area contributed by atoms with E-state index in [0.717, 1.165) is 41.3 Å². The number of aromatic nitrogens is 2. The van der Waals surface area contributed by atoms with Crippen molar-refractivity contribution >= 4 is 16.7 Å². The molecule has 3 aromatic rings. The van der Waals surface area contributed by atoms with Crippen molar-refractivity contribution in [3.05, 3.63) is 70.1 Å². The number of carbonyl (C=O) groups excluding carboxylic acids is 1. The number of fused-ring (bicyclic) bond motifs is 2. The van der Waals surface area contributed by atoms with Crippen LogP contribution in [0.5, 0.6) is 5.75 Å². The van der Waals surface area contributed by atoms with Gasteiger partial charge in [-0.2, -0.15) is 5.10 Å². The quantitative estimate of drug-likeness (QED) is 0.728. The lowest BCUT2D eigenvalue weighted by Crippen LogP contribution is -2.34. The first-order valence-corrected chi connectivity index (χ1v) is 9.17. The molecule has 0 saturated carbocycles. The second-order valence-electron chi connectivity index (χ2n) is 6.68. The summed E-state index contributed by atoms with van der Waals surface area (Å²) in [6, 6.07) is 15.4. The summed E-state index contributed by atoms with van der Waals surface area (Å²) >= 11 is 0. The number of aryl methyl sites for hydroxylation is 2. The number of hydrogen-bond donors (Lipinski definition) is 1. The van der Waals surface area contributed by atoms with Crippen LogP contribution in [0.3, 0.4) is 0 Å². The fraction of sp³-hybridized carbons (Fsp3) is 0.286. The molecule has 138 valence electrons. The van der Waals surface area contributed by atoms with Gasteiger partial charge in [0.25, 0.3) is 11.5 Å². The Morgan fingerprint density at radius 3 is 2.85 bits per heavy atom. The first-order valence-electron chi connectivity index (χ1n) is 9.17. The Hall–Kier alpha value is -3.15. The molecule has 27 heavy (non-hydrogen) atoms. The molecule has 6 nitrogen and oxygen atoms in total. The van der Waals surface area contributed by atoms with Gasteiger partial charge in [0.15, 0.2) is 6.61 Å². The summed E-state index contributed by atoms with van der Waals surface area (Å²) < 4.78 is 6.99. The highest BCUT2D eigenvalue weighted by Gasteiger charge is 2.14. The van der Waals surface area contributed by atoms with Crippen LogP contribution in [0.1, 0.15) is 17.7 Å². The van der Waals surface area contributed by atoms with Gasteiger partial charge in [0.05, 0.1) is 12.2 Å². The van der Waals surface area contributed by atoms with Crippen LogP contribution < -0.4 is 15.6 Å². The van der Waals surface area contributed by atoms with E-state index >= 15 is 0 Å². The maximum absolute atomic E-state index is 12.0. The van der Waals surface area contributed by atoms with E-state index in [9.17, 15) is 9.59 Å². The van der Waals surface area contributed by atoms with Gasteiger partial charge in [0, 0.05) is 12.6 Å². The molecule has 0 atom stereocenters. The van der Waals surface area contributed by atoms with Crippen molar-refractivity contribution in [2.24, 2.45) is 0 Å². The molecule has 6 heteroatoms. The van der Waals surface area contributed by atoms with Crippen LogP contribution in [-0.4, -0.2) is 28.8 Å². The van der Waals surface area contributed by atoms with Crippen LogP contribution in [-0.2, 0) is 24.2 Å². The fourth-order valence-corrected chi connectivity index (χ4v) is 3.36. The molecule has 0 saturated heterocycles. The highest BCUT2D eigenvalue weighted by Crippen LogP contribution is 2.20. The molecule has 4 rings (SSSR count). The average Bonchev–Trinajstić information content (AvgIpc) is 3.13. The van der Waals surface area contributed by atoms with Crippen molar-refractivity contribution in [2.75, 3.05) is 13.2 Å². The predicted molar refractivity (Wildman–Crippen MR) is 103 cm³/mol. The Kier molecular flexibility index (Phi) is 4.87. The van der Waals surface area contributed by atoms with E-state index in [2.05, 4.69) is 10.4 Å². The molecule has 0 radical (unpaired) electrons. The summed E-state index contributed by atoms with van der Waals surface area (Å²) in [6.07, 6.45) is 2.90. The van der Waals surface area contributed by atoms with Gasteiger partial charge in [-0.3, -0.25) is 9.59 Å². The van der Waals surface area contributed by atoms with Gasteiger partial charge in [-0.15, -0.1) is 0 Å². The minimum Gasteiger partial charge on any atom is -0.484 e. The number of benzene rings is 2. The number of amides is 1. The Morgan fingerprint density at radius 2 is 1.96 bits per heavy atom. The van der Waals surface area contributed by atoms with Gasteiger partial charge >= 0.3 is 0 Å². The van der Waals surface area contributed by atoms with Crippen LogP contribution in [0.2, 0.25) is 0 Å². The van der Waals surface area contributed by atoms with Crippen molar-refractivity contribution in [2.45, 2.75) is 25.8 Å². The smallest absolute Gasteiger partial charge is 0.267 e. The molecule has 0 unspecified atom stereocenters. The first-order chi connectivity index (χ1) is 13.2. The van der Waals surface area contributed by atoms with E-state index < -0.39 is 0 Å². The third-order valence-electron chi connectivity index (χ3n) is 4.76. The van der Waals surface area contributed by atoms with Gasteiger partial charge in [-0.25, -0.2) is 4.68 Å². The Balaban J connectivity index is 1.28. The minimum atomic E-state index is -0.225. The van der Waals surface area contributed by atoms with E-state index in [1.165, 1.54) is 4.68 Å². The maximum atomic E-state index is 12.0. The van der Waals surface area contributed by atoms with E-state index in [0.29, 0.717) is 18.8 Å². The molecule has 2 aromatic carbocycles. The molecule has 1 aliphatic rings. The highest BCUT2D eigenvalue weighted by molar-refractivity contribution is 5.84.